The molecule has 188 valence electrons. The number of piperidine rings is 1. The van der Waals surface area contributed by atoms with E-state index in [0.29, 0.717) is 37.5 Å². The van der Waals surface area contributed by atoms with Crippen LogP contribution >= 0.6 is 0 Å². The maximum Gasteiger partial charge on any atom is 0.256 e. The fourth-order valence-corrected chi connectivity index (χ4v) is 5.38. The Labute approximate surface area is 216 Å². The number of likely N-dealkylation sites (tertiary alicyclic amines) is 1. The molecule has 3 aliphatic heterocycles. The lowest BCUT2D eigenvalue weighted by atomic mass is 9.89. The number of carbonyl (C=O) groups is 2. The van der Waals surface area contributed by atoms with E-state index in [9.17, 15) is 9.59 Å². The number of nitrogens with zero attached hydrogens (tertiary/aromatic N) is 3. The van der Waals surface area contributed by atoms with Crippen molar-refractivity contribution in [3.63, 3.8) is 0 Å². The smallest absolute Gasteiger partial charge is 0.256 e. The van der Waals surface area contributed by atoms with Gasteiger partial charge in [-0.05, 0) is 66.8 Å². The molecule has 1 saturated heterocycles. The van der Waals surface area contributed by atoms with E-state index in [-0.39, 0.29) is 24.5 Å². The second-order valence-corrected chi connectivity index (χ2v) is 9.86. The zero-order chi connectivity index (χ0) is 25.4. The molecule has 0 N–H and O–H groups in total. The van der Waals surface area contributed by atoms with Crippen LogP contribution in [0.25, 0.3) is 6.08 Å². The van der Waals surface area contributed by atoms with Crippen molar-refractivity contribution in [2.45, 2.75) is 38.8 Å². The third-order valence-electron chi connectivity index (χ3n) is 7.43. The van der Waals surface area contributed by atoms with E-state index in [1.165, 1.54) is 11.1 Å². The van der Waals surface area contributed by atoms with E-state index in [1.54, 1.807) is 6.08 Å². The molecule has 0 unspecified atom stereocenters. The average molecular weight is 496 g/mol. The molecule has 0 atom stereocenters. The van der Waals surface area contributed by atoms with Crippen LogP contribution in [0.2, 0.25) is 0 Å². The first kappa shape index (κ1) is 23.3. The summed E-state index contributed by atoms with van der Waals surface area (Å²) in [4.78, 5) is 35.0. The summed E-state index contributed by atoms with van der Waals surface area (Å²) < 4.78 is 10.8. The molecule has 1 aromatic heterocycles. The molecule has 2 aromatic carbocycles. The fourth-order valence-electron chi connectivity index (χ4n) is 5.38. The van der Waals surface area contributed by atoms with Gasteiger partial charge in [0.25, 0.3) is 5.91 Å². The topological polar surface area (TPSA) is 72.0 Å². The summed E-state index contributed by atoms with van der Waals surface area (Å²) >= 11 is 0. The van der Waals surface area contributed by atoms with Crippen molar-refractivity contribution in [2.24, 2.45) is 0 Å². The SMILES string of the molecule is Cc1ccc(C(=O)N2Cc3ccccc3C2)c(C2CCN(C(=O)C=Cc3ccc4c(c3)OCO4)CC2)n1. The zero-order valence-electron chi connectivity index (χ0n) is 20.9. The molecule has 7 heteroatoms. The molecule has 1 fully saturated rings. The van der Waals surface area contributed by atoms with Crippen LogP contribution in [0.3, 0.4) is 0 Å². The van der Waals surface area contributed by atoms with Crippen molar-refractivity contribution >= 4 is 17.9 Å². The van der Waals surface area contributed by atoms with Gasteiger partial charge in [-0.1, -0.05) is 30.3 Å². The quantitative estimate of drug-likeness (QED) is 0.491. The van der Waals surface area contributed by atoms with E-state index >= 15 is 0 Å². The number of ether oxygens (including phenoxy) is 2. The Kier molecular flexibility index (Phi) is 6.12. The predicted molar refractivity (Wildman–Crippen MR) is 139 cm³/mol. The summed E-state index contributed by atoms with van der Waals surface area (Å²) in [6, 6.07) is 17.7. The van der Waals surface area contributed by atoms with Gasteiger partial charge in [-0.15, -0.1) is 0 Å². The third-order valence-corrected chi connectivity index (χ3v) is 7.43. The summed E-state index contributed by atoms with van der Waals surface area (Å²) in [5.74, 6) is 1.58. The van der Waals surface area contributed by atoms with Crippen LogP contribution < -0.4 is 9.47 Å². The van der Waals surface area contributed by atoms with Gasteiger partial charge in [0, 0.05) is 43.9 Å². The first-order valence-corrected chi connectivity index (χ1v) is 12.8. The first-order chi connectivity index (χ1) is 18.0. The standard InChI is InChI=1S/C30H29N3O4/c1-20-6-9-25(30(35)33-17-23-4-2-3-5-24(23)18-33)29(31-20)22-12-14-32(15-13-22)28(34)11-8-21-7-10-26-27(16-21)37-19-36-26/h2-11,16,22H,12-15,17-19H2,1H3. The number of aryl methyl sites for hydroxylation is 1. The molecule has 3 aliphatic rings. The van der Waals surface area contributed by atoms with Gasteiger partial charge in [-0.3, -0.25) is 14.6 Å². The van der Waals surface area contributed by atoms with Crippen molar-refractivity contribution in [1.29, 1.82) is 0 Å². The highest BCUT2D eigenvalue weighted by molar-refractivity contribution is 5.96. The van der Waals surface area contributed by atoms with Crippen LogP contribution in [0.1, 0.15) is 57.2 Å². The molecule has 4 heterocycles. The summed E-state index contributed by atoms with van der Waals surface area (Å²) in [5, 5.41) is 0. The number of amides is 2. The van der Waals surface area contributed by atoms with Gasteiger partial charge in [0.1, 0.15) is 0 Å². The number of aromatic nitrogens is 1. The lowest BCUT2D eigenvalue weighted by molar-refractivity contribution is -0.127. The van der Waals surface area contributed by atoms with Crippen LogP contribution in [-0.4, -0.2) is 46.5 Å². The molecular weight excluding hydrogens is 466 g/mol. The number of pyridine rings is 1. The monoisotopic (exact) mass is 495 g/mol. The highest BCUT2D eigenvalue weighted by Gasteiger charge is 2.30. The summed E-state index contributed by atoms with van der Waals surface area (Å²) in [6.07, 6.45) is 4.98. The minimum Gasteiger partial charge on any atom is -0.454 e. The lowest BCUT2D eigenvalue weighted by Gasteiger charge is -2.32. The molecular formula is C30H29N3O4. The Bertz CT molecular complexity index is 1370. The molecule has 37 heavy (non-hydrogen) atoms. The Morgan fingerprint density at radius 1 is 0.919 bits per heavy atom. The van der Waals surface area contributed by atoms with E-state index < -0.39 is 0 Å². The number of hydrogen-bond donors (Lipinski definition) is 0. The molecule has 0 spiro atoms. The van der Waals surface area contributed by atoms with E-state index in [2.05, 4.69) is 12.1 Å². The van der Waals surface area contributed by atoms with Crippen molar-refractivity contribution < 1.29 is 19.1 Å². The Balaban J connectivity index is 1.12. The Hall–Kier alpha value is -4.13. The van der Waals surface area contributed by atoms with Crippen LogP contribution in [-0.2, 0) is 17.9 Å². The molecule has 3 aromatic rings. The minimum atomic E-state index is -0.0144. The van der Waals surface area contributed by atoms with Gasteiger partial charge in [0.05, 0.1) is 11.3 Å². The highest BCUT2D eigenvalue weighted by atomic mass is 16.7. The molecule has 0 radical (unpaired) electrons. The molecule has 0 bridgehead atoms. The van der Waals surface area contributed by atoms with Crippen molar-refractivity contribution in [1.82, 2.24) is 14.8 Å². The van der Waals surface area contributed by atoms with Crippen molar-refractivity contribution in [2.75, 3.05) is 19.9 Å². The van der Waals surface area contributed by atoms with Crippen molar-refractivity contribution in [3.8, 4) is 11.5 Å². The minimum absolute atomic E-state index is 0.0144. The highest BCUT2D eigenvalue weighted by Crippen LogP contribution is 2.34. The van der Waals surface area contributed by atoms with Gasteiger partial charge in [-0.2, -0.15) is 0 Å². The van der Waals surface area contributed by atoms with Crippen LogP contribution in [0.4, 0.5) is 0 Å². The lowest BCUT2D eigenvalue weighted by Crippen LogP contribution is -2.37. The molecule has 6 rings (SSSR count). The Morgan fingerprint density at radius 2 is 1.65 bits per heavy atom. The largest absolute Gasteiger partial charge is 0.454 e. The second-order valence-electron chi connectivity index (χ2n) is 9.86. The third kappa shape index (κ3) is 4.69. The van der Waals surface area contributed by atoms with E-state index in [1.807, 2.05) is 65.3 Å². The number of hydrogen-bond acceptors (Lipinski definition) is 5. The normalized spacial score (nSPS) is 16.9. The maximum absolute atomic E-state index is 13.5. The molecule has 2 amide bonds. The molecule has 0 aliphatic carbocycles. The van der Waals surface area contributed by atoms with Gasteiger partial charge >= 0.3 is 0 Å². The van der Waals surface area contributed by atoms with Gasteiger partial charge in [-0.25, -0.2) is 0 Å². The van der Waals surface area contributed by atoms with E-state index in [4.69, 9.17) is 14.5 Å². The van der Waals surface area contributed by atoms with Crippen LogP contribution in [0, 0.1) is 6.92 Å². The number of benzene rings is 2. The van der Waals surface area contributed by atoms with Gasteiger partial charge in [0.15, 0.2) is 11.5 Å². The van der Waals surface area contributed by atoms with Gasteiger partial charge < -0.3 is 19.3 Å². The predicted octanol–water partition coefficient (Wildman–Crippen LogP) is 4.69. The van der Waals surface area contributed by atoms with E-state index in [0.717, 1.165) is 35.5 Å². The number of fused-ring (bicyclic) bond motifs is 2. The second kappa shape index (κ2) is 9.73. The number of rotatable bonds is 4. The van der Waals surface area contributed by atoms with Crippen LogP contribution in [0.5, 0.6) is 11.5 Å². The zero-order valence-corrected chi connectivity index (χ0v) is 20.9. The first-order valence-electron chi connectivity index (χ1n) is 12.8. The van der Waals surface area contributed by atoms with Crippen LogP contribution in [0.15, 0.2) is 60.7 Å². The van der Waals surface area contributed by atoms with Crippen molar-refractivity contribution in [3.05, 3.63) is 94.3 Å². The summed E-state index contributed by atoms with van der Waals surface area (Å²) in [6.45, 7) is 4.71. The average Bonchev–Trinajstić information content (AvgIpc) is 3.58. The fraction of sp³-hybridized carbons (Fsp3) is 0.300. The maximum atomic E-state index is 13.5. The Morgan fingerprint density at radius 3 is 2.41 bits per heavy atom. The summed E-state index contributed by atoms with van der Waals surface area (Å²) in [5.41, 5.74) is 5.76. The number of carbonyl (C=O) groups excluding carboxylic acids is 2. The summed E-state index contributed by atoms with van der Waals surface area (Å²) in [7, 11) is 0. The molecule has 7 nitrogen and oxygen atoms in total. The molecule has 0 saturated carbocycles. The van der Waals surface area contributed by atoms with Gasteiger partial charge in [0.2, 0.25) is 12.7 Å².